The van der Waals surface area contributed by atoms with Crippen LogP contribution in [-0.2, 0) is 28.5 Å². The van der Waals surface area contributed by atoms with Crippen molar-refractivity contribution < 1.29 is 33.6 Å². The Balaban J connectivity index is 1.59. The third kappa shape index (κ3) is 1.70. The first-order chi connectivity index (χ1) is 10.5. The lowest BCUT2D eigenvalue weighted by molar-refractivity contribution is -0.330. The number of ether oxygens (including phenoxy) is 4. The fraction of sp³-hybridized carbons (Fsp3) is 0.857. The van der Waals surface area contributed by atoms with Gasteiger partial charge in [0.2, 0.25) is 11.8 Å². The standard InChI is InChI=1S/C14H19NO7/c1-14(19-2)21-10-8-6-7(9(20-8)11(10)22-14)13(18)15(12(6)17)4-3-5-16/h6-11,16H,3-5H2,1-2H3/t6-,7+,8-,9-,10-,11-,14?/m1/s1. The molecule has 4 rings (SSSR count). The third-order valence-corrected chi connectivity index (χ3v) is 5.09. The van der Waals surface area contributed by atoms with Crippen molar-refractivity contribution in [3.63, 3.8) is 0 Å². The molecule has 4 fully saturated rings. The number of hydrogen-bond acceptors (Lipinski definition) is 7. The van der Waals surface area contributed by atoms with E-state index in [0.717, 1.165) is 0 Å². The number of carbonyl (C=O) groups excluding carboxylic acids is 2. The molecule has 0 aromatic rings. The van der Waals surface area contributed by atoms with Crippen molar-refractivity contribution in [3.05, 3.63) is 0 Å². The Morgan fingerprint density at radius 1 is 1.14 bits per heavy atom. The average molecular weight is 313 g/mol. The summed E-state index contributed by atoms with van der Waals surface area (Å²) < 4.78 is 22.6. The van der Waals surface area contributed by atoms with E-state index < -0.39 is 42.2 Å². The molecule has 7 atom stereocenters. The van der Waals surface area contributed by atoms with E-state index in [1.54, 1.807) is 6.92 Å². The van der Waals surface area contributed by atoms with Crippen LogP contribution in [0, 0.1) is 11.8 Å². The quantitative estimate of drug-likeness (QED) is 0.655. The third-order valence-electron chi connectivity index (χ3n) is 5.09. The van der Waals surface area contributed by atoms with Crippen molar-refractivity contribution in [1.82, 2.24) is 4.90 Å². The lowest BCUT2D eigenvalue weighted by Gasteiger charge is -2.24. The van der Waals surface area contributed by atoms with E-state index in [1.165, 1.54) is 12.0 Å². The van der Waals surface area contributed by atoms with Crippen LogP contribution in [0.2, 0.25) is 0 Å². The first-order valence-electron chi connectivity index (χ1n) is 7.53. The predicted octanol–water partition coefficient (Wildman–Crippen LogP) is -1.14. The summed E-state index contributed by atoms with van der Waals surface area (Å²) in [5.41, 5.74) is 0. The number of hydrogen-bond donors (Lipinski definition) is 1. The van der Waals surface area contributed by atoms with Crippen LogP contribution >= 0.6 is 0 Å². The number of imide groups is 1. The minimum Gasteiger partial charge on any atom is -0.396 e. The van der Waals surface area contributed by atoms with Crippen LogP contribution in [0.1, 0.15) is 13.3 Å². The SMILES string of the molecule is COC1(C)O[C@H]2[C@H](O1)[C@@H]1O[C@@H]2[C@H]2C(=O)N(CCCO)C(=O)[C@@H]12. The van der Waals surface area contributed by atoms with Crippen molar-refractivity contribution in [3.8, 4) is 0 Å². The summed E-state index contributed by atoms with van der Waals surface area (Å²) >= 11 is 0. The van der Waals surface area contributed by atoms with Gasteiger partial charge < -0.3 is 24.1 Å². The fourth-order valence-corrected chi connectivity index (χ4v) is 4.09. The molecule has 4 saturated heterocycles. The van der Waals surface area contributed by atoms with E-state index >= 15 is 0 Å². The van der Waals surface area contributed by atoms with Gasteiger partial charge >= 0.3 is 0 Å². The molecule has 0 saturated carbocycles. The molecule has 122 valence electrons. The lowest BCUT2D eigenvalue weighted by atomic mass is 9.78. The number of aliphatic hydroxyl groups is 1. The Hall–Kier alpha value is -1.06. The number of methoxy groups -OCH3 is 1. The predicted molar refractivity (Wildman–Crippen MR) is 69.2 cm³/mol. The molecule has 0 aliphatic carbocycles. The van der Waals surface area contributed by atoms with Crippen LogP contribution < -0.4 is 0 Å². The zero-order valence-electron chi connectivity index (χ0n) is 12.4. The molecule has 4 aliphatic rings. The van der Waals surface area contributed by atoms with E-state index in [9.17, 15) is 9.59 Å². The summed E-state index contributed by atoms with van der Waals surface area (Å²) in [4.78, 5) is 26.3. The van der Waals surface area contributed by atoms with E-state index in [4.69, 9.17) is 24.1 Å². The van der Waals surface area contributed by atoms with Gasteiger partial charge in [-0.25, -0.2) is 0 Å². The van der Waals surface area contributed by atoms with Crippen LogP contribution in [-0.4, -0.2) is 72.5 Å². The average Bonchev–Trinajstić information content (AvgIpc) is 3.18. The minimum absolute atomic E-state index is 0.0561. The highest BCUT2D eigenvalue weighted by atomic mass is 16.9. The Morgan fingerprint density at radius 3 is 2.14 bits per heavy atom. The summed E-state index contributed by atoms with van der Waals surface area (Å²) in [6.07, 6.45) is -1.37. The van der Waals surface area contributed by atoms with Crippen LogP contribution in [0.15, 0.2) is 0 Å². The number of aliphatic hydroxyl groups excluding tert-OH is 1. The second-order valence-electron chi connectivity index (χ2n) is 6.25. The van der Waals surface area contributed by atoms with Gasteiger partial charge in [-0.05, 0) is 6.42 Å². The van der Waals surface area contributed by atoms with Gasteiger partial charge in [0, 0.05) is 27.2 Å². The number of carbonyl (C=O) groups is 2. The van der Waals surface area contributed by atoms with Gasteiger partial charge in [0.1, 0.15) is 12.2 Å². The normalized spacial score (nSPS) is 49.1. The molecule has 2 amide bonds. The molecule has 8 nitrogen and oxygen atoms in total. The second-order valence-corrected chi connectivity index (χ2v) is 6.25. The molecule has 4 aliphatic heterocycles. The molecule has 22 heavy (non-hydrogen) atoms. The van der Waals surface area contributed by atoms with Crippen molar-refractivity contribution in [2.45, 2.75) is 43.7 Å². The Bertz CT molecular complexity index is 487. The lowest BCUT2D eigenvalue weighted by Crippen LogP contribution is -2.46. The monoisotopic (exact) mass is 313 g/mol. The van der Waals surface area contributed by atoms with Crippen LogP contribution in [0.3, 0.4) is 0 Å². The van der Waals surface area contributed by atoms with Crippen molar-refractivity contribution >= 4 is 11.8 Å². The highest BCUT2D eigenvalue weighted by Gasteiger charge is 2.73. The molecular weight excluding hydrogens is 294 g/mol. The number of fused-ring (bicyclic) bond motifs is 8. The van der Waals surface area contributed by atoms with Gasteiger partial charge in [0.25, 0.3) is 5.97 Å². The van der Waals surface area contributed by atoms with Gasteiger partial charge in [0.05, 0.1) is 24.0 Å². The van der Waals surface area contributed by atoms with E-state index in [2.05, 4.69) is 0 Å². The maximum absolute atomic E-state index is 12.5. The molecule has 1 unspecified atom stereocenters. The van der Waals surface area contributed by atoms with E-state index in [-0.39, 0.29) is 25.0 Å². The number of rotatable bonds is 4. The Morgan fingerprint density at radius 2 is 1.68 bits per heavy atom. The van der Waals surface area contributed by atoms with Crippen molar-refractivity contribution in [2.24, 2.45) is 11.8 Å². The summed E-state index contributed by atoms with van der Waals surface area (Å²) in [6.45, 7) is 1.85. The summed E-state index contributed by atoms with van der Waals surface area (Å²) in [5, 5.41) is 8.91. The number of nitrogens with zero attached hydrogens (tertiary/aromatic N) is 1. The molecule has 1 N–H and O–H groups in total. The zero-order chi connectivity index (χ0) is 15.6. The molecule has 0 aromatic heterocycles. The van der Waals surface area contributed by atoms with Gasteiger partial charge in [-0.1, -0.05) is 0 Å². The number of amides is 2. The molecule has 0 radical (unpaired) electrons. The Labute approximate surface area is 127 Å². The fourth-order valence-electron chi connectivity index (χ4n) is 4.09. The molecular formula is C14H19NO7. The smallest absolute Gasteiger partial charge is 0.280 e. The number of likely N-dealkylation sites (tertiary alicyclic amines) is 1. The van der Waals surface area contributed by atoms with E-state index in [0.29, 0.717) is 6.42 Å². The first kappa shape index (κ1) is 14.5. The molecule has 2 bridgehead atoms. The van der Waals surface area contributed by atoms with Crippen LogP contribution in [0.5, 0.6) is 0 Å². The zero-order valence-corrected chi connectivity index (χ0v) is 12.4. The second kappa shape index (κ2) is 4.72. The van der Waals surface area contributed by atoms with Crippen LogP contribution in [0.25, 0.3) is 0 Å². The summed E-state index contributed by atoms with van der Waals surface area (Å²) in [7, 11) is 1.48. The minimum atomic E-state index is -1.16. The molecule has 0 spiro atoms. The highest BCUT2D eigenvalue weighted by molar-refractivity contribution is 6.06. The maximum atomic E-state index is 12.5. The highest BCUT2D eigenvalue weighted by Crippen LogP contribution is 2.54. The molecule has 8 heteroatoms. The van der Waals surface area contributed by atoms with Crippen molar-refractivity contribution in [1.29, 1.82) is 0 Å². The first-order valence-corrected chi connectivity index (χ1v) is 7.53. The van der Waals surface area contributed by atoms with Crippen LogP contribution in [0.4, 0.5) is 0 Å². The molecule has 4 heterocycles. The summed E-state index contributed by atoms with van der Waals surface area (Å²) in [6, 6.07) is 0. The van der Waals surface area contributed by atoms with Gasteiger partial charge in [-0.2, -0.15) is 0 Å². The van der Waals surface area contributed by atoms with E-state index in [1.807, 2.05) is 0 Å². The summed E-state index contributed by atoms with van der Waals surface area (Å²) in [5.74, 6) is -2.65. The van der Waals surface area contributed by atoms with Crippen molar-refractivity contribution in [2.75, 3.05) is 20.3 Å². The van der Waals surface area contributed by atoms with Gasteiger partial charge in [-0.3, -0.25) is 14.5 Å². The maximum Gasteiger partial charge on any atom is 0.280 e. The topological polar surface area (TPSA) is 94.5 Å². The van der Waals surface area contributed by atoms with Gasteiger partial charge in [0.15, 0.2) is 0 Å². The van der Waals surface area contributed by atoms with Gasteiger partial charge in [-0.15, -0.1) is 0 Å². The Kier molecular flexibility index (Phi) is 3.11. The molecule has 0 aromatic carbocycles. The largest absolute Gasteiger partial charge is 0.396 e.